The maximum absolute atomic E-state index is 10.8. The van der Waals surface area contributed by atoms with Crippen molar-refractivity contribution >= 4 is 5.78 Å². The third-order valence-corrected chi connectivity index (χ3v) is 1.83. The molecule has 0 spiro atoms. The van der Waals surface area contributed by atoms with E-state index in [1.165, 1.54) is 6.92 Å². The minimum Gasteiger partial charge on any atom is -0.456 e. The van der Waals surface area contributed by atoms with E-state index in [4.69, 9.17) is 8.94 Å². The lowest BCUT2D eigenvalue weighted by atomic mass is 10.3. The molecule has 0 aliphatic carbocycles. The average molecular weight is 206 g/mol. The van der Waals surface area contributed by atoms with Crippen molar-refractivity contribution in [3.63, 3.8) is 0 Å². The molecule has 0 N–H and O–H groups in total. The highest BCUT2D eigenvalue weighted by Crippen LogP contribution is 2.19. The second kappa shape index (κ2) is 3.68. The van der Waals surface area contributed by atoms with E-state index in [1.807, 2.05) is 13.0 Å². The van der Waals surface area contributed by atoms with Crippen LogP contribution in [-0.2, 0) is 11.2 Å². The fourth-order valence-electron chi connectivity index (χ4n) is 1.20. The number of nitrogens with zero attached hydrogens (tertiary/aromatic N) is 2. The van der Waals surface area contributed by atoms with Crippen LogP contribution in [0.5, 0.6) is 0 Å². The van der Waals surface area contributed by atoms with Crippen molar-refractivity contribution in [2.45, 2.75) is 20.3 Å². The summed E-state index contributed by atoms with van der Waals surface area (Å²) in [6.07, 6.45) is 0.184. The van der Waals surface area contributed by atoms with Gasteiger partial charge in [0.1, 0.15) is 11.5 Å². The molecule has 0 aromatic carbocycles. The molecule has 0 saturated heterocycles. The molecule has 0 saturated carbocycles. The van der Waals surface area contributed by atoms with E-state index in [1.54, 1.807) is 6.07 Å². The highest BCUT2D eigenvalue weighted by molar-refractivity contribution is 5.77. The van der Waals surface area contributed by atoms with Gasteiger partial charge in [-0.05, 0) is 26.0 Å². The van der Waals surface area contributed by atoms with Crippen molar-refractivity contribution in [1.82, 2.24) is 10.1 Å². The summed E-state index contributed by atoms with van der Waals surface area (Å²) in [7, 11) is 0. The molecule has 0 bridgehead atoms. The van der Waals surface area contributed by atoms with E-state index in [-0.39, 0.29) is 12.2 Å². The molecule has 2 aromatic heterocycles. The maximum Gasteiger partial charge on any atom is 0.293 e. The summed E-state index contributed by atoms with van der Waals surface area (Å²) in [5.41, 5.74) is 0. The number of aryl methyl sites for hydroxylation is 1. The third-order valence-electron chi connectivity index (χ3n) is 1.83. The summed E-state index contributed by atoms with van der Waals surface area (Å²) >= 11 is 0. The van der Waals surface area contributed by atoms with Crippen LogP contribution in [0.15, 0.2) is 21.1 Å². The quantitative estimate of drug-likeness (QED) is 0.765. The van der Waals surface area contributed by atoms with Crippen molar-refractivity contribution in [1.29, 1.82) is 0 Å². The van der Waals surface area contributed by atoms with Crippen LogP contribution >= 0.6 is 0 Å². The Balaban J connectivity index is 2.23. The number of Topliss-reactive ketones (excluding diaryl/α,β-unsaturated/α-hetero) is 1. The monoisotopic (exact) mass is 206 g/mol. The third kappa shape index (κ3) is 2.12. The number of rotatable bonds is 3. The zero-order valence-electron chi connectivity index (χ0n) is 8.48. The summed E-state index contributed by atoms with van der Waals surface area (Å²) < 4.78 is 10.3. The smallest absolute Gasteiger partial charge is 0.293 e. The van der Waals surface area contributed by atoms with Crippen LogP contribution in [0.1, 0.15) is 18.5 Å². The highest BCUT2D eigenvalue weighted by atomic mass is 16.5. The van der Waals surface area contributed by atoms with Crippen molar-refractivity contribution in [2.75, 3.05) is 0 Å². The fraction of sp³-hybridized carbons (Fsp3) is 0.300. The molecule has 0 atom stereocenters. The molecule has 0 fully saturated rings. The predicted molar refractivity (Wildman–Crippen MR) is 51.1 cm³/mol. The number of ketones is 1. The molecule has 15 heavy (non-hydrogen) atoms. The van der Waals surface area contributed by atoms with Crippen LogP contribution in [0.25, 0.3) is 11.7 Å². The largest absolute Gasteiger partial charge is 0.456 e. The van der Waals surface area contributed by atoms with E-state index in [2.05, 4.69) is 10.1 Å². The first-order chi connectivity index (χ1) is 7.15. The SMILES string of the molecule is CC(=O)Cc1noc(-c2ccc(C)o2)n1. The van der Waals surface area contributed by atoms with E-state index in [9.17, 15) is 4.79 Å². The molecule has 5 heteroatoms. The summed E-state index contributed by atoms with van der Waals surface area (Å²) in [5, 5.41) is 3.68. The lowest BCUT2D eigenvalue weighted by Gasteiger charge is -1.85. The number of carbonyl (C=O) groups excluding carboxylic acids is 1. The van der Waals surface area contributed by atoms with Gasteiger partial charge in [-0.15, -0.1) is 0 Å². The minimum absolute atomic E-state index is 0.00187. The number of hydrogen-bond donors (Lipinski definition) is 0. The lowest BCUT2D eigenvalue weighted by molar-refractivity contribution is -0.116. The second-order valence-corrected chi connectivity index (χ2v) is 3.30. The topological polar surface area (TPSA) is 69.1 Å². The molecular formula is C10H10N2O3. The molecule has 0 unspecified atom stereocenters. The molecule has 2 heterocycles. The number of hydrogen-bond acceptors (Lipinski definition) is 5. The Morgan fingerprint density at radius 2 is 2.27 bits per heavy atom. The number of furan rings is 1. The van der Waals surface area contributed by atoms with E-state index < -0.39 is 0 Å². The molecule has 2 aromatic rings. The summed E-state index contributed by atoms with van der Waals surface area (Å²) in [6, 6.07) is 3.56. The molecule has 0 amide bonds. The van der Waals surface area contributed by atoms with Crippen LogP contribution < -0.4 is 0 Å². The molecule has 0 radical (unpaired) electrons. The van der Waals surface area contributed by atoms with Crippen LogP contribution in [0.2, 0.25) is 0 Å². The maximum atomic E-state index is 10.8. The molecule has 78 valence electrons. The average Bonchev–Trinajstić information content (AvgIpc) is 2.72. The van der Waals surface area contributed by atoms with E-state index in [0.29, 0.717) is 17.5 Å². The lowest BCUT2D eigenvalue weighted by Crippen LogP contribution is -1.97. The zero-order valence-corrected chi connectivity index (χ0v) is 8.48. The van der Waals surface area contributed by atoms with Gasteiger partial charge in [0.25, 0.3) is 5.89 Å². The van der Waals surface area contributed by atoms with Gasteiger partial charge in [0.15, 0.2) is 11.6 Å². The molecular weight excluding hydrogens is 196 g/mol. The van der Waals surface area contributed by atoms with Crippen molar-refractivity contribution in [2.24, 2.45) is 0 Å². The Morgan fingerprint density at radius 1 is 1.47 bits per heavy atom. The first-order valence-corrected chi connectivity index (χ1v) is 4.54. The van der Waals surface area contributed by atoms with Crippen LogP contribution in [-0.4, -0.2) is 15.9 Å². The molecule has 5 nitrogen and oxygen atoms in total. The molecule has 0 aliphatic rings. The zero-order chi connectivity index (χ0) is 10.8. The van der Waals surface area contributed by atoms with E-state index in [0.717, 1.165) is 5.76 Å². The predicted octanol–water partition coefficient (Wildman–Crippen LogP) is 1.77. The normalized spacial score (nSPS) is 10.5. The van der Waals surface area contributed by atoms with Gasteiger partial charge in [-0.3, -0.25) is 4.79 Å². The Kier molecular flexibility index (Phi) is 2.37. The summed E-state index contributed by atoms with van der Waals surface area (Å²) in [6.45, 7) is 3.31. The van der Waals surface area contributed by atoms with Gasteiger partial charge in [-0.1, -0.05) is 5.16 Å². The molecule has 2 rings (SSSR count). The Labute approximate surface area is 86.1 Å². The van der Waals surface area contributed by atoms with Gasteiger partial charge < -0.3 is 8.94 Å². The fourth-order valence-corrected chi connectivity index (χ4v) is 1.20. The van der Waals surface area contributed by atoms with Crippen LogP contribution in [0, 0.1) is 6.92 Å². The van der Waals surface area contributed by atoms with Gasteiger partial charge >= 0.3 is 0 Å². The van der Waals surface area contributed by atoms with E-state index >= 15 is 0 Å². The van der Waals surface area contributed by atoms with Crippen molar-refractivity contribution in [3.05, 3.63) is 23.7 Å². The van der Waals surface area contributed by atoms with Gasteiger partial charge in [-0.2, -0.15) is 4.98 Å². The molecule has 0 aliphatic heterocycles. The minimum atomic E-state index is -0.00187. The Bertz CT molecular complexity index is 484. The Morgan fingerprint density at radius 3 is 2.87 bits per heavy atom. The Hall–Kier alpha value is -1.91. The first kappa shape index (κ1) is 9.64. The standard InChI is InChI=1S/C10H10N2O3/c1-6(13)5-9-11-10(15-12-9)8-4-3-7(2)14-8/h3-4H,5H2,1-2H3. The van der Waals surface area contributed by atoms with Crippen molar-refractivity contribution in [3.8, 4) is 11.7 Å². The van der Waals surface area contributed by atoms with Gasteiger partial charge in [0, 0.05) is 0 Å². The summed E-state index contributed by atoms with van der Waals surface area (Å²) in [4.78, 5) is 14.9. The van der Waals surface area contributed by atoms with Gasteiger partial charge in [0.05, 0.1) is 6.42 Å². The highest BCUT2D eigenvalue weighted by Gasteiger charge is 2.12. The van der Waals surface area contributed by atoms with Gasteiger partial charge in [-0.25, -0.2) is 0 Å². The first-order valence-electron chi connectivity index (χ1n) is 4.54. The van der Waals surface area contributed by atoms with Crippen LogP contribution in [0.4, 0.5) is 0 Å². The number of carbonyl (C=O) groups is 1. The van der Waals surface area contributed by atoms with Crippen molar-refractivity contribution < 1.29 is 13.7 Å². The second-order valence-electron chi connectivity index (χ2n) is 3.30. The van der Waals surface area contributed by atoms with Gasteiger partial charge in [0.2, 0.25) is 0 Å². The number of aromatic nitrogens is 2. The summed E-state index contributed by atoms with van der Waals surface area (Å²) in [5.74, 6) is 1.98. The van der Waals surface area contributed by atoms with Crippen LogP contribution in [0.3, 0.4) is 0 Å².